The van der Waals surface area contributed by atoms with E-state index in [9.17, 15) is 8.42 Å². The number of piperidine rings is 1. The Labute approximate surface area is 216 Å². The van der Waals surface area contributed by atoms with Crippen LogP contribution in [0.5, 0.6) is 0 Å². The monoisotopic (exact) mass is 524 g/mol. The first-order valence-electron chi connectivity index (χ1n) is 12.6. The van der Waals surface area contributed by atoms with E-state index in [-0.39, 0.29) is 6.17 Å². The molecule has 2 saturated heterocycles. The standard InChI is InChI=1S/C23H35ClN6O2S.C2H6/c1-17-12-21(27-33(3,31)32)14-26-23(17)29-10-11-30(18(2)15-29)22-6-8-28(9-7-22)16-20-5-4-19(24)13-25-20;1-2/h4-5,12-14,18,22-23,26-27H,6-11,15-16H2,1-3H3;1-2H3. The van der Waals surface area contributed by atoms with Gasteiger partial charge < -0.3 is 5.32 Å². The summed E-state index contributed by atoms with van der Waals surface area (Å²) < 4.78 is 25.6. The van der Waals surface area contributed by atoms with E-state index in [1.54, 1.807) is 12.4 Å². The lowest BCUT2D eigenvalue weighted by Gasteiger charge is -2.48. The smallest absolute Gasteiger partial charge is 0.229 e. The summed E-state index contributed by atoms with van der Waals surface area (Å²) in [6.07, 6.45) is 9.05. The zero-order valence-corrected chi connectivity index (χ0v) is 23.2. The summed E-state index contributed by atoms with van der Waals surface area (Å²) in [7, 11) is -3.28. The average molecular weight is 525 g/mol. The molecule has 3 aliphatic rings. The summed E-state index contributed by atoms with van der Waals surface area (Å²) in [5.41, 5.74) is 2.78. The number of aromatic nitrogens is 1. The fourth-order valence-corrected chi connectivity index (χ4v) is 5.91. The first-order valence-corrected chi connectivity index (χ1v) is 14.9. The molecule has 3 aliphatic heterocycles. The molecule has 0 bridgehead atoms. The van der Waals surface area contributed by atoms with E-state index in [2.05, 4.69) is 43.6 Å². The van der Waals surface area contributed by atoms with Crippen LogP contribution >= 0.6 is 11.6 Å². The number of likely N-dealkylation sites (tertiary alicyclic amines) is 1. The lowest BCUT2D eigenvalue weighted by Crippen LogP contribution is -2.61. The predicted octanol–water partition coefficient (Wildman–Crippen LogP) is 3.00. The fraction of sp³-hybridized carbons (Fsp3) is 0.640. The van der Waals surface area contributed by atoms with Gasteiger partial charge in [-0.05, 0) is 50.5 Å². The molecule has 2 fully saturated rings. The Hall–Kier alpha value is -1.65. The molecule has 10 heteroatoms. The van der Waals surface area contributed by atoms with E-state index in [1.807, 2.05) is 32.1 Å². The minimum Gasteiger partial charge on any atom is -0.370 e. The number of hydrogen-bond acceptors (Lipinski definition) is 7. The maximum absolute atomic E-state index is 11.5. The Morgan fingerprint density at radius 1 is 1.17 bits per heavy atom. The SMILES string of the molecule is CC.CC1=CC(NS(C)(=O)=O)=CNC1N1CCN(C2CCN(Cc3ccc(Cl)cn3)CC2)C(C)C1. The van der Waals surface area contributed by atoms with Crippen molar-refractivity contribution in [2.75, 3.05) is 39.0 Å². The largest absolute Gasteiger partial charge is 0.370 e. The molecule has 4 heterocycles. The topological polar surface area (TPSA) is 80.8 Å². The molecular weight excluding hydrogens is 484 g/mol. The first-order chi connectivity index (χ1) is 16.7. The van der Waals surface area contributed by atoms with E-state index in [0.29, 0.717) is 22.8 Å². The van der Waals surface area contributed by atoms with Crippen molar-refractivity contribution in [3.8, 4) is 0 Å². The summed E-state index contributed by atoms with van der Waals surface area (Å²) in [6.45, 7) is 14.5. The van der Waals surface area contributed by atoms with Gasteiger partial charge in [-0.3, -0.25) is 24.4 Å². The Morgan fingerprint density at radius 3 is 2.46 bits per heavy atom. The molecule has 0 saturated carbocycles. The van der Waals surface area contributed by atoms with E-state index in [1.165, 1.54) is 19.1 Å². The Balaban J connectivity index is 0.00000167. The van der Waals surface area contributed by atoms with Gasteiger partial charge in [0.2, 0.25) is 10.0 Å². The third-order valence-electron chi connectivity index (χ3n) is 6.79. The maximum atomic E-state index is 11.5. The van der Waals surface area contributed by atoms with Crippen molar-refractivity contribution in [2.24, 2.45) is 0 Å². The zero-order valence-electron chi connectivity index (χ0n) is 21.7. The normalized spacial score (nSPS) is 25.1. The molecular formula is C25H41ClN6O2S. The quantitative estimate of drug-likeness (QED) is 0.592. The third-order valence-corrected chi connectivity index (χ3v) is 7.62. The molecule has 1 aromatic rings. The van der Waals surface area contributed by atoms with Crippen molar-refractivity contribution < 1.29 is 8.42 Å². The van der Waals surface area contributed by atoms with Crippen LogP contribution in [-0.4, -0.2) is 85.3 Å². The van der Waals surface area contributed by atoms with Crippen molar-refractivity contribution in [3.63, 3.8) is 0 Å². The number of allylic oxidation sites excluding steroid dienone is 1. The molecule has 196 valence electrons. The number of nitrogens with one attached hydrogen (secondary N) is 2. The lowest BCUT2D eigenvalue weighted by atomic mass is 9.99. The number of nitrogens with zero attached hydrogens (tertiary/aromatic N) is 4. The number of piperazine rings is 1. The van der Waals surface area contributed by atoms with E-state index in [4.69, 9.17) is 11.6 Å². The van der Waals surface area contributed by atoms with E-state index in [0.717, 1.165) is 50.5 Å². The summed E-state index contributed by atoms with van der Waals surface area (Å²) in [5.74, 6) is 0. The Kier molecular flexibility index (Phi) is 10.0. The second-order valence-corrected chi connectivity index (χ2v) is 11.7. The van der Waals surface area contributed by atoms with Gasteiger partial charge in [0.25, 0.3) is 0 Å². The van der Waals surface area contributed by atoms with Crippen LogP contribution in [-0.2, 0) is 16.6 Å². The number of pyridine rings is 1. The number of halogens is 1. The molecule has 35 heavy (non-hydrogen) atoms. The zero-order chi connectivity index (χ0) is 25.6. The van der Waals surface area contributed by atoms with Gasteiger partial charge in [0, 0.05) is 63.7 Å². The lowest BCUT2D eigenvalue weighted by molar-refractivity contribution is 0.00780. The molecule has 2 unspecified atom stereocenters. The average Bonchev–Trinajstić information content (AvgIpc) is 2.82. The number of hydrogen-bond donors (Lipinski definition) is 2. The molecule has 0 spiro atoms. The van der Waals surface area contributed by atoms with Gasteiger partial charge in [-0.2, -0.15) is 0 Å². The first kappa shape index (κ1) is 27.9. The van der Waals surface area contributed by atoms with Gasteiger partial charge in [-0.1, -0.05) is 25.4 Å². The predicted molar refractivity (Wildman–Crippen MR) is 143 cm³/mol. The highest BCUT2D eigenvalue weighted by molar-refractivity contribution is 7.88. The van der Waals surface area contributed by atoms with Gasteiger partial charge in [0.1, 0.15) is 6.17 Å². The van der Waals surface area contributed by atoms with Crippen LogP contribution in [0.1, 0.15) is 46.2 Å². The molecule has 4 rings (SSSR count). The number of sulfonamides is 1. The van der Waals surface area contributed by atoms with Crippen LogP contribution in [0.3, 0.4) is 0 Å². The van der Waals surface area contributed by atoms with Gasteiger partial charge >= 0.3 is 0 Å². The molecule has 2 N–H and O–H groups in total. The number of rotatable bonds is 6. The highest BCUT2D eigenvalue weighted by Gasteiger charge is 2.34. The minimum absolute atomic E-state index is 0.105. The minimum atomic E-state index is -3.28. The maximum Gasteiger partial charge on any atom is 0.229 e. The second-order valence-electron chi connectivity index (χ2n) is 9.49. The van der Waals surface area contributed by atoms with Gasteiger partial charge in [0.15, 0.2) is 0 Å². The van der Waals surface area contributed by atoms with Crippen molar-refractivity contribution in [1.29, 1.82) is 0 Å². The van der Waals surface area contributed by atoms with Crippen molar-refractivity contribution >= 4 is 21.6 Å². The van der Waals surface area contributed by atoms with Gasteiger partial charge in [-0.15, -0.1) is 0 Å². The van der Waals surface area contributed by atoms with Crippen LogP contribution in [0.4, 0.5) is 0 Å². The van der Waals surface area contributed by atoms with Crippen LogP contribution in [0.25, 0.3) is 0 Å². The highest BCUT2D eigenvalue weighted by Crippen LogP contribution is 2.25. The highest BCUT2D eigenvalue weighted by atomic mass is 35.5. The molecule has 0 amide bonds. The van der Waals surface area contributed by atoms with Crippen LogP contribution in [0, 0.1) is 0 Å². The fourth-order valence-electron chi connectivity index (χ4n) is 5.25. The van der Waals surface area contributed by atoms with Crippen LogP contribution in [0.2, 0.25) is 5.02 Å². The summed E-state index contributed by atoms with van der Waals surface area (Å²) >= 11 is 5.95. The molecule has 0 aliphatic carbocycles. The van der Waals surface area contributed by atoms with Gasteiger partial charge in [0.05, 0.1) is 22.7 Å². The van der Waals surface area contributed by atoms with Crippen molar-refractivity contribution in [1.82, 2.24) is 29.7 Å². The summed E-state index contributed by atoms with van der Waals surface area (Å²) in [5, 5.41) is 4.07. The molecule has 0 radical (unpaired) electrons. The van der Waals surface area contributed by atoms with Crippen molar-refractivity contribution in [2.45, 2.75) is 65.3 Å². The van der Waals surface area contributed by atoms with E-state index < -0.39 is 10.0 Å². The molecule has 2 atom stereocenters. The summed E-state index contributed by atoms with van der Waals surface area (Å²) in [4.78, 5) is 12.1. The Bertz CT molecular complexity index is 990. The van der Waals surface area contributed by atoms with E-state index >= 15 is 0 Å². The molecule has 8 nitrogen and oxygen atoms in total. The van der Waals surface area contributed by atoms with Crippen LogP contribution < -0.4 is 10.0 Å². The molecule has 0 aromatic carbocycles. The summed E-state index contributed by atoms with van der Waals surface area (Å²) in [6, 6.07) is 5.02. The molecule has 1 aromatic heterocycles. The van der Waals surface area contributed by atoms with Crippen molar-refractivity contribution in [3.05, 3.63) is 52.6 Å². The van der Waals surface area contributed by atoms with Gasteiger partial charge in [-0.25, -0.2) is 8.42 Å². The number of dihydropyridines is 1. The third kappa shape index (κ3) is 7.92. The second kappa shape index (κ2) is 12.5. The Morgan fingerprint density at radius 2 is 1.89 bits per heavy atom. The van der Waals surface area contributed by atoms with Crippen LogP contribution in [0.15, 0.2) is 41.9 Å².